The van der Waals surface area contributed by atoms with Crippen molar-refractivity contribution in [3.8, 4) is 16.9 Å². The maximum absolute atomic E-state index is 12.8. The molecule has 8 nitrogen and oxygen atoms in total. The van der Waals surface area contributed by atoms with Gasteiger partial charge in [-0.1, -0.05) is 71.6 Å². The van der Waals surface area contributed by atoms with E-state index in [9.17, 15) is 4.79 Å². The van der Waals surface area contributed by atoms with E-state index < -0.39 is 0 Å². The summed E-state index contributed by atoms with van der Waals surface area (Å²) in [6.45, 7) is 1.56. The molecule has 1 atom stereocenters. The minimum Gasteiger partial charge on any atom is -0.376 e. The van der Waals surface area contributed by atoms with Crippen LogP contribution in [0.3, 0.4) is 0 Å². The first kappa shape index (κ1) is 22.6. The number of carbonyl (C=O) groups excluding carboxylic acids is 1. The number of para-hydroxylation sites is 1. The van der Waals surface area contributed by atoms with Crippen molar-refractivity contribution in [3.63, 3.8) is 0 Å². The summed E-state index contributed by atoms with van der Waals surface area (Å²) in [6.07, 6.45) is 2.41. The highest BCUT2D eigenvalue weighted by atomic mass is 32.2. The Labute approximate surface area is 205 Å². The highest BCUT2D eigenvalue weighted by Crippen LogP contribution is 2.27. The first-order chi connectivity index (χ1) is 16.7. The van der Waals surface area contributed by atoms with Crippen LogP contribution in [0.15, 0.2) is 71.1 Å². The Kier molecular flexibility index (Phi) is 7.18. The van der Waals surface area contributed by atoms with E-state index in [-0.39, 0.29) is 17.8 Å². The number of carbonyl (C=O) groups is 1. The van der Waals surface area contributed by atoms with Crippen LogP contribution in [0.1, 0.15) is 12.8 Å². The lowest BCUT2D eigenvalue weighted by molar-refractivity contribution is -0.113. The number of benzene rings is 2. The van der Waals surface area contributed by atoms with Crippen LogP contribution in [0.25, 0.3) is 16.9 Å². The number of ether oxygens (including phenoxy) is 1. The molecule has 0 aliphatic carbocycles. The number of hydrogen-bond donors (Lipinski definition) is 2. The number of anilines is 2. The number of amides is 1. The smallest absolute Gasteiger partial charge is 0.235 e. The van der Waals surface area contributed by atoms with Crippen LogP contribution in [-0.4, -0.2) is 50.9 Å². The van der Waals surface area contributed by atoms with E-state index in [4.69, 9.17) is 9.84 Å². The molecule has 10 heteroatoms. The summed E-state index contributed by atoms with van der Waals surface area (Å²) in [5, 5.41) is 20.1. The minimum atomic E-state index is -0.134. The van der Waals surface area contributed by atoms with Crippen molar-refractivity contribution in [2.75, 3.05) is 29.5 Å². The molecule has 4 aromatic rings. The maximum Gasteiger partial charge on any atom is 0.235 e. The van der Waals surface area contributed by atoms with Crippen molar-refractivity contribution < 1.29 is 9.53 Å². The molecule has 5 rings (SSSR count). The highest BCUT2D eigenvalue weighted by molar-refractivity contribution is 8.01. The zero-order chi connectivity index (χ0) is 23.2. The molecule has 2 N–H and O–H groups in total. The quantitative estimate of drug-likeness (QED) is 0.327. The van der Waals surface area contributed by atoms with Crippen LogP contribution in [0.5, 0.6) is 0 Å². The predicted molar refractivity (Wildman–Crippen MR) is 136 cm³/mol. The molecule has 174 valence electrons. The first-order valence-electron chi connectivity index (χ1n) is 11.1. The molecule has 34 heavy (non-hydrogen) atoms. The molecule has 3 heterocycles. The van der Waals surface area contributed by atoms with Crippen molar-refractivity contribution in [2.24, 2.45) is 0 Å². The monoisotopic (exact) mass is 492 g/mol. The van der Waals surface area contributed by atoms with E-state index in [1.807, 2.05) is 66.7 Å². The van der Waals surface area contributed by atoms with Crippen molar-refractivity contribution in [1.82, 2.24) is 20.0 Å². The summed E-state index contributed by atoms with van der Waals surface area (Å²) in [6, 6.07) is 21.6. The molecule has 0 saturated carbocycles. The third-order valence-electron chi connectivity index (χ3n) is 5.29. The largest absolute Gasteiger partial charge is 0.376 e. The molecule has 2 aromatic carbocycles. The van der Waals surface area contributed by atoms with Gasteiger partial charge < -0.3 is 15.4 Å². The number of nitrogens with zero attached hydrogens (tertiary/aromatic N) is 4. The molecular formula is C24H24N6O2S2. The zero-order valence-corrected chi connectivity index (χ0v) is 20.0. The molecule has 2 aromatic heterocycles. The van der Waals surface area contributed by atoms with Gasteiger partial charge in [-0.2, -0.15) is 5.10 Å². The summed E-state index contributed by atoms with van der Waals surface area (Å²) in [4.78, 5) is 12.8. The lowest BCUT2D eigenvalue weighted by atomic mass is 10.2. The molecule has 0 spiro atoms. The van der Waals surface area contributed by atoms with Crippen molar-refractivity contribution in [1.29, 1.82) is 0 Å². The lowest BCUT2D eigenvalue weighted by Crippen LogP contribution is -2.18. The van der Waals surface area contributed by atoms with Crippen LogP contribution in [0.4, 0.5) is 10.9 Å². The van der Waals surface area contributed by atoms with Crippen LogP contribution < -0.4 is 10.6 Å². The minimum absolute atomic E-state index is 0.134. The molecule has 1 amide bonds. The summed E-state index contributed by atoms with van der Waals surface area (Å²) in [7, 11) is 0. The highest BCUT2D eigenvalue weighted by Gasteiger charge is 2.17. The average molecular weight is 493 g/mol. The van der Waals surface area contributed by atoms with Crippen LogP contribution in [0.2, 0.25) is 0 Å². The lowest BCUT2D eigenvalue weighted by Gasteiger charge is -2.08. The van der Waals surface area contributed by atoms with Gasteiger partial charge in [-0.3, -0.25) is 4.79 Å². The van der Waals surface area contributed by atoms with Gasteiger partial charge >= 0.3 is 0 Å². The van der Waals surface area contributed by atoms with E-state index >= 15 is 0 Å². The molecular weight excluding hydrogens is 468 g/mol. The summed E-state index contributed by atoms with van der Waals surface area (Å²) in [5.74, 6) is 0.707. The van der Waals surface area contributed by atoms with E-state index in [1.165, 1.54) is 23.1 Å². The molecule has 0 bridgehead atoms. The van der Waals surface area contributed by atoms with Gasteiger partial charge in [0.15, 0.2) is 4.34 Å². The Morgan fingerprint density at radius 1 is 1.12 bits per heavy atom. The van der Waals surface area contributed by atoms with Crippen molar-refractivity contribution in [3.05, 3.63) is 66.7 Å². The summed E-state index contributed by atoms with van der Waals surface area (Å²) >= 11 is 2.81. The summed E-state index contributed by atoms with van der Waals surface area (Å²) < 4.78 is 8.11. The second kappa shape index (κ2) is 10.8. The van der Waals surface area contributed by atoms with Crippen molar-refractivity contribution >= 4 is 40.0 Å². The molecule has 1 unspecified atom stereocenters. The van der Waals surface area contributed by atoms with Gasteiger partial charge in [0.25, 0.3) is 0 Å². The first-order valence-corrected chi connectivity index (χ1v) is 12.9. The van der Waals surface area contributed by atoms with Gasteiger partial charge in [-0.05, 0) is 25.0 Å². The number of aromatic nitrogens is 4. The predicted octanol–water partition coefficient (Wildman–Crippen LogP) is 4.71. The van der Waals surface area contributed by atoms with E-state index in [0.29, 0.717) is 5.82 Å². The Hall–Kier alpha value is -3.21. The number of nitrogens with one attached hydrogen (secondary N) is 2. The van der Waals surface area contributed by atoms with Gasteiger partial charge in [0.1, 0.15) is 5.82 Å². The Morgan fingerprint density at radius 2 is 1.91 bits per heavy atom. The molecule has 1 aliphatic rings. The second-order valence-electron chi connectivity index (χ2n) is 7.75. The topological polar surface area (TPSA) is 94.0 Å². The summed E-state index contributed by atoms with van der Waals surface area (Å²) in [5.41, 5.74) is 2.65. The number of rotatable bonds is 9. The van der Waals surface area contributed by atoms with Crippen LogP contribution in [0, 0.1) is 0 Å². The van der Waals surface area contributed by atoms with Gasteiger partial charge in [0.05, 0.1) is 23.2 Å². The van der Waals surface area contributed by atoms with Gasteiger partial charge in [-0.25, -0.2) is 4.68 Å². The molecule has 1 aliphatic heterocycles. The third kappa shape index (κ3) is 5.64. The second-order valence-corrected chi connectivity index (χ2v) is 9.95. The fourth-order valence-corrected chi connectivity index (χ4v) is 5.20. The maximum atomic E-state index is 12.8. The fourth-order valence-electron chi connectivity index (χ4n) is 3.64. The standard InChI is InChI=1S/C24H24N6O2S2/c31-22(16-33-24-28-27-23(34-24)25-15-19-12-7-13-32-19)26-21-14-20(17-8-3-1-4-9-17)29-30(21)18-10-5-2-6-11-18/h1-6,8-11,14,19H,7,12-13,15-16H2,(H,25,27)(H,26,31). The molecule has 0 radical (unpaired) electrons. The Morgan fingerprint density at radius 3 is 2.68 bits per heavy atom. The molecule has 1 saturated heterocycles. The zero-order valence-electron chi connectivity index (χ0n) is 18.4. The number of thioether (sulfide) groups is 1. The van der Waals surface area contributed by atoms with Crippen molar-refractivity contribution in [2.45, 2.75) is 23.3 Å². The van der Waals surface area contributed by atoms with E-state index in [2.05, 4.69) is 20.8 Å². The number of hydrogen-bond acceptors (Lipinski definition) is 8. The van der Waals surface area contributed by atoms with Crippen LogP contribution in [-0.2, 0) is 9.53 Å². The Bertz CT molecular complexity index is 1220. The SMILES string of the molecule is O=C(CSc1nnc(NCC2CCCO2)s1)Nc1cc(-c2ccccc2)nn1-c1ccccc1. The molecule has 1 fully saturated rings. The average Bonchev–Trinajstić information content (AvgIpc) is 3.64. The van der Waals surface area contributed by atoms with E-state index in [0.717, 1.165) is 52.4 Å². The van der Waals surface area contributed by atoms with Gasteiger partial charge in [0.2, 0.25) is 11.0 Å². The van der Waals surface area contributed by atoms with Gasteiger partial charge in [0, 0.05) is 24.8 Å². The third-order valence-corrected chi connectivity index (χ3v) is 7.30. The van der Waals surface area contributed by atoms with E-state index in [1.54, 1.807) is 4.68 Å². The van der Waals surface area contributed by atoms with Crippen LogP contribution >= 0.6 is 23.1 Å². The van der Waals surface area contributed by atoms with Gasteiger partial charge in [-0.15, -0.1) is 10.2 Å². The fraction of sp³-hybridized carbons (Fsp3) is 0.250. The Balaban J connectivity index is 1.23. The normalized spacial score (nSPS) is 15.4.